The molecule has 0 radical (unpaired) electrons. The van der Waals surface area contributed by atoms with E-state index in [2.05, 4.69) is 25.2 Å². The maximum absolute atomic E-state index is 11.3. The van der Waals surface area contributed by atoms with E-state index in [1.54, 1.807) is 14.2 Å². The molecule has 2 aromatic carbocycles. The van der Waals surface area contributed by atoms with Gasteiger partial charge in [0, 0.05) is 6.04 Å². The average molecular weight is 481 g/mol. The largest absolute Gasteiger partial charge is 0.493 e. The molecule has 0 aliphatic carbocycles. The van der Waals surface area contributed by atoms with Crippen LogP contribution in [0.2, 0.25) is 0 Å². The maximum Gasteiger partial charge on any atom is 0.207 e. The number of nitrogens with zero attached hydrogens (tertiary/aromatic N) is 1. The molecule has 0 aromatic heterocycles. The molecule has 7 heteroatoms. The molecule has 1 heterocycles. The van der Waals surface area contributed by atoms with Crippen LogP contribution in [0.5, 0.6) is 23.0 Å². The zero-order valence-corrected chi connectivity index (χ0v) is 21.1. The fourth-order valence-electron chi connectivity index (χ4n) is 4.87. The quantitative estimate of drug-likeness (QED) is 0.409. The minimum Gasteiger partial charge on any atom is -0.493 e. The lowest BCUT2D eigenvalue weighted by molar-refractivity contribution is -0.110. The van der Waals surface area contributed by atoms with Gasteiger partial charge in [0.2, 0.25) is 6.41 Å². The van der Waals surface area contributed by atoms with Crippen LogP contribution in [-0.4, -0.2) is 39.4 Å². The van der Waals surface area contributed by atoms with E-state index in [4.69, 9.17) is 18.9 Å². The second-order valence-electron chi connectivity index (χ2n) is 9.09. The van der Waals surface area contributed by atoms with Crippen molar-refractivity contribution in [1.82, 2.24) is 5.32 Å². The Kier molecular flexibility index (Phi) is 9.25. The fourth-order valence-corrected chi connectivity index (χ4v) is 4.87. The Bertz CT molecular complexity index is 1020. The zero-order chi connectivity index (χ0) is 25.3. The van der Waals surface area contributed by atoms with Crippen LogP contribution >= 0.6 is 0 Å². The molecule has 4 unspecified atom stereocenters. The molecule has 0 spiro atoms. The second kappa shape index (κ2) is 12.3. The van der Waals surface area contributed by atoms with Crippen molar-refractivity contribution in [3.05, 3.63) is 48.0 Å². The van der Waals surface area contributed by atoms with Crippen molar-refractivity contribution in [2.45, 2.75) is 58.1 Å². The van der Waals surface area contributed by atoms with Gasteiger partial charge in [0.25, 0.3) is 0 Å². The van der Waals surface area contributed by atoms with E-state index in [0.717, 1.165) is 31.2 Å². The summed E-state index contributed by atoms with van der Waals surface area (Å²) in [5.41, 5.74) is 0.341. The van der Waals surface area contributed by atoms with Crippen molar-refractivity contribution in [3.8, 4) is 29.1 Å². The Hall–Kier alpha value is -3.40. The number of para-hydroxylation sites is 2. The summed E-state index contributed by atoms with van der Waals surface area (Å²) in [4.78, 5) is 11.3. The predicted molar refractivity (Wildman–Crippen MR) is 134 cm³/mol. The third kappa shape index (κ3) is 6.00. The van der Waals surface area contributed by atoms with Crippen LogP contribution in [0, 0.1) is 22.7 Å². The average Bonchev–Trinajstić information content (AvgIpc) is 2.90. The van der Waals surface area contributed by atoms with Crippen LogP contribution in [-0.2, 0) is 11.2 Å². The molecule has 188 valence electrons. The standard InChI is InChI=1S/C28H36N2O5/c1-5-20(2)28(18-29,27-17-34-24-10-6-7-11-25(24)35-27)14-8-9-22(30-19-31)15-21-12-13-23(32-3)26(16-21)33-4/h6-7,10-13,16,19-20,22,27H,5,8-9,14-15,17H2,1-4H3,(H,30,31). The third-order valence-electron chi connectivity index (χ3n) is 7.16. The summed E-state index contributed by atoms with van der Waals surface area (Å²) in [5.74, 6) is 2.84. The lowest BCUT2D eigenvalue weighted by Gasteiger charge is -2.41. The first kappa shape index (κ1) is 26.2. The molecule has 4 atom stereocenters. The van der Waals surface area contributed by atoms with E-state index in [0.29, 0.717) is 42.4 Å². The number of methoxy groups -OCH3 is 2. The highest BCUT2D eigenvalue weighted by atomic mass is 16.6. The Labute approximate surface area is 208 Å². The van der Waals surface area contributed by atoms with Crippen molar-refractivity contribution in [2.75, 3.05) is 20.8 Å². The van der Waals surface area contributed by atoms with Gasteiger partial charge in [-0.05, 0) is 61.4 Å². The van der Waals surface area contributed by atoms with Crippen molar-refractivity contribution in [1.29, 1.82) is 5.26 Å². The zero-order valence-electron chi connectivity index (χ0n) is 21.1. The van der Waals surface area contributed by atoms with Crippen molar-refractivity contribution >= 4 is 6.41 Å². The van der Waals surface area contributed by atoms with E-state index >= 15 is 0 Å². The van der Waals surface area contributed by atoms with Gasteiger partial charge >= 0.3 is 0 Å². The number of carbonyl (C=O) groups excluding carboxylic acids is 1. The van der Waals surface area contributed by atoms with Crippen LogP contribution in [0.1, 0.15) is 45.1 Å². The summed E-state index contributed by atoms with van der Waals surface area (Å²) in [6, 6.07) is 15.9. The second-order valence-corrected chi connectivity index (χ2v) is 9.09. The molecular formula is C28H36N2O5. The Morgan fingerprint density at radius 1 is 1.20 bits per heavy atom. The van der Waals surface area contributed by atoms with Crippen LogP contribution in [0.15, 0.2) is 42.5 Å². The third-order valence-corrected chi connectivity index (χ3v) is 7.16. The van der Waals surface area contributed by atoms with Gasteiger partial charge < -0.3 is 24.3 Å². The van der Waals surface area contributed by atoms with E-state index in [9.17, 15) is 10.1 Å². The van der Waals surface area contributed by atoms with Gasteiger partial charge in [-0.15, -0.1) is 0 Å². The first-order chi connectivity index (χ1) is 17.0. The highest BCUT2D eigenvalue weighted by Gasteiger charge is 2.46. The van der Waals surface area contributed by atoms with Gasteiger partial charge in [-0.3, -0.25) is 4.79 Å². The monoisotopic (exact) mass is 480 g/mol. The van der Waals surface area contributed by atoms with Gasteiger partial charge in [-0.2, -0.15) is 5.26 Å². The maximum atomic E-state index is 11.3. The summed E-state index contributed by atoms with van der Waals surface area (Å²) in [6.07, 6.45) is 4.04. The molecule has 7 nitrogen and oxygen atoms in total. The molecule has 1 aliphatic heterocycles. The fraction of sp³-hybridized carbons (Fsp3) is 0.500. The summed E-state index contributed by atoms with van der Waals surface area (Å²) < 4.78 is 23.0. The number of ether oxygens (including phenoxy) is 4. The number of rotatable bonds is 13. The summed E-state index contributed by atoms with van der Waals surface area (Å²) in [7, 11) is 3.21. The van der Waals surface area contributed by atoms with Gasteiger partial charge in [0.1, 0.15) is 12.0 Å². The smallest absolute Gasteiger partial charge is 0.207 e. The molecule has 35 heavy (non-hydrogen) atoms. The molecule has 0 fully saturated rings. The van der Waals surface area contributed by atoms with Gasteiger partial charge in [0.15, 0.2) is 29.1 Å². The van der Waals surface area contributed by atoms with E-state index < -0.39 is 5.41 Å². The first-order valence-electron chi connectivity index (χ1n) is 12.2. The number of benzene rings is 2. The number of nitrogens with one attached hydrogen (secondary N) is 1. The molecule has 2 aromatic rings. The van der Waals surface area contributed by atoms with E-state index in [1.807, 2.05) is 42.5 Å². The topological polar surface area (TPSA) is 89.8 Å². The lowest BCUT2D eigenvalue weighted by Crippen LogP contribution is -2.48. The van der Waals surface area contributed by atoms with Crippen LogP contribution < -0.4 is 24.3 Å². The molecular weight excluding hydrogens is 444 g/mol. The molecule has 1 aliphatic rings. The van der Waals surface area contributed by atoms with Gasteiger partial charge in [-0.1, -0.05) is 38.5 Å². The molecule has 3 rings (SSSR count). The molecule has 0 saturated heterocycles. The molecule has 0 saturated carbocycles. The predicted octanol–water partition coefficient (Wildman–Crippen LogP) is 4.93. The minimum absolute atomic E-state index is 0.0665. The highest BCUT2D eigenvalue weighted by molar-refractivity contribution is 5.47. The van der Waals surface area contributed by atoms with Crippen molar-refractivity contribution in [2.24, 2.45) is 11.3 Å². The summed E-state index contributed by atoms with van der Waals surface area (Å²) >= 11 is 0. The Morgan fingerprint density at radius 2 is 1.94 bits per heavy atom. The first-order valence-corrected chi connectivity index (χ1v) is 12.2. The number of amides is 1. The molecule has 0 bridgehead atoms. The highest BCUT2D eigenvalue weighted by Crippen LogP contribution is 2.44. The van der Waals surface area contributed by atoms with E-state index in [-0.39, 0.29) is 18.1 Å². The number of nitriles is 1. The number of fused-ring (bicyclic) bond motifs is 1. The Morgan fingerprint density at radius 3 is 2.60 bits per heavy atom. The summed E-state index contributed by atoms with van der Waals surface area (Å²) in [6.45, 7) is 4.55. The van der Waals surface area contributed by atoms with Crippen LogP contribution in [0.25, 0.3) is 0 Å². The number of carbonyl (C=O) groups is 1. The summed E-state index contributed by atoms with van der Waals surface area (Å²) in [5, 5.41) is 13.4. The van der Waals surface area contributed by atoms with Crippen LogP contribution in [0.3, 0.4) is 0 Å². The minimum atomic E-state index is -0.697. The Balaban J connectivity index is 1.71. The SMILES string of the molecule is CCC(C)C(C#N)(CCCC(Cc1ccc(OC)c(OC)c1)NC=O)C1COc2ccccc2O1. The lowest BCUT2D eigenvalue weighted by atomic mass is 9.68. The molecule has 1 N–H and O–H groups in total. The number of hydrogen-bond donors (Lipinski definition) is 1. The van der Waals surface area contributed by atoms with Crippen LogP contribution in [0.4, 0.5) is 0 Å². The van der Waals surface area contributed by atoms with E-state index in [1.165, 1.54) is 0 Å². The van der Waals surface area contributed by atoms with Gasteiger partial charge in [0.05, 0.1) is 20.3 Å². The van der Waals surface area contributed by atoms with Gasteiger partial charge in [-0.25, -0.2) is 0 Å². The van der Waals surface area contributed by atoms with Crippen molar-refractivity contribution in [3.63, 3.8) is 0 Å². The molecule has 1 amide bonds. The normalized spacial score (nSPS) is 17.9. The number of hydrogen-bond acceptors (Lipinski definition) is 6. The van der Waals surface area contributed by atoms with Crippen molar-refractivity contribution < 1.29 is 23.7 Å².